The highest BCUT2D eigenvalue weighted by atomic mass is 19.1. The number of hydrogen-bond acceptors (Lipinski definition) is 6. The van der Waals surface area contributed by atoms with Crippen molar-refractivity contribution in [3.63, 3.8) is 0 Å². The van der Waals surface area contributed by atoms with Crippen LogP contribution >= 0.6 is 0 Å². The number of hydrogen-bond donors (Lipinski definition) is 0. The normalized spacial score (nSPS) is 9.83. The standard InChI is InChI=1S/C12H15FO.C12H16O.C11H14FNO.C11H15NO.4B/c1-8(2)11-7-10(6-9(3)14)4-5-12(11)13;1-9(2)12-6-4-5-11(8-12)7-10(3)13;1-7(2)10-5-9(4-8(3)14)6-13-11(10)12;1-8(2)11-5-10(4-9(3)13)6-12-7-11;;;;/h4-5,7-8H,6H2,1-3H3;4-6,8-9H,7H2,1-3H3;5-7H,4H2,1-3H3;5-8H,4H2,1-3H3;;;;. The largest absolute Gasteiger partial charge is 0.300 e. The van der Waals surface area contributed by atoms with Gasteiger partial charge in [0.1, 0.15) is 29.0 Å². The van der Waals surface area contributed by atoms with E-state index in [0.717, 1.165) is 22.3 Å². The second kappa shape index (κ2) is 30.6. The Morgan fingerprint density at radius 3 is 1.34 bits per heavy atom. The maximum atomic E-state index is 13.3. The van der Waals surface area contributed by atoms with Gasteiger partial charge < -0.3 is 0 Å². The molecule has 12 heteroatoms. The minimum atomic E-state index is -0.438. The van der Waals surface area contributed by atoms with Crippen molar-refractivity contribution in [1.82, 2.24) is 9.97 Å². The van der Waals surface area contributed by atoms with Crippen LogP contribution in [0, 0.1) is 11.8 Å². The predicted molar refractivity (Wildman–Crippen MR) is 238 cm³/mol. The van der Waals surface area contributed by atoms with E-state index in [2.05, 4.69) is 55.9 Å². The molecule has 0 spiro atoms. The molecule has 0 aliphatic rings. The fraction of sp³-hybridized carbons (Fsp3) is 0.435. The van der Waals surface area contributed by atoms with E-state index in [1.807, 2.05) is 46.0 Å². The molecule has 0 unspecified atom stereocenters. The molecule has 2 aromatic heterocycles. The summed E-state index contributed by atoms with van der Waals surface area (Å²) >= 11 is 0. The van der Waals surface area contributed by atoms with Crippen molar-refractivity contribution in [2.45, 2.75) is 132 Å². The summed E-state index contributed by atoms with van der Waals surface area (Å²) in [6, 6.07) is 16.9. The van der Waals surface area contributed by atoms with Gasteiger partial charge in [0.2, 0.25) is 5.95 Å². The molecule has 0 saturated heterocycles. The van der Waals surface area contributed by atoms with Crippen LogP contribution in [-0.4, -0.2) is 66.8 Å². The quantitative estimate of drug-likeness (QED) is 0.105. The van der Waals surface area contributed by atoms with Crippen LogP contribution in [0.15, 0.2) is 73.2 Å². The molecule has 0 N–H and O–H groups in total. The molecule has 0 fully saturated rings. The van der Waals surface area contributed by atoms with Crippen molar-refractivity contribution in [1.29, 1.82) is 0 Å². The number of Topliss-reactive ketones (excluding diaryl/α,β-unsaturated/α-hetero) is 4. The highest BCUT2D eigenvalue weighted by Crippen LogP contribution is 2.21. The summed E-state index contributed by atoms with van der Waals surface area (Å²) < 4.78 is 26.4. The fourth-order valence-electron chi connectivity index (χ4n) is 5.29. The summed E-state index contributed by atoms with van der Waals surface area (Å²) in [6.45, 7) is 22.5. The molecular formula is C46H60B4F2N2O4. The molecule has 0 aliphatic carbocycles. The lowest BCUT2D eigenvalue weighted by atomic mass is 9.98. The van der Waals surface area contributed by atoms with E-state index >= 15 is 0 Å². The van der Waals surface area contributed by atoms with E-state index in [-0.39, 0.29) is 74.4 Å². The first-order valence-corrected chi connectivity index (χ1v) is 18.6. The maximum Gasteiger partial charge on any atom is 0.216 e. The third kappa shape index (κ3) is 24.3. The van der Waals surface area contributed by atoms with Crippen molar-refractivity contribution in [3.8, 4) is 0 Å². The zero-order valence-corrected chi connectivity index (χ0v) is 36.7. The topological polar surface area (TPSA) is 94.1 Å². The fourth-order valence-corrected chi connectivity index (χ4v) is 5.29. The lowest BCUT2D eigenvalue weighted by Gasteiger charge is -2.08. The van der Waals surface area contributed by atoms with Gasteiger partial charge in [-0.05, 0) is 102 Å². The number of nitrogens with zero attached hydrogens (tertiary/aromatic N) is 2. The van der Waals surface area contributed by atoms with Crippen LogP contribution < -0.4 is 0 Å². The average Bonchev–Trinajstić information content (AvgIpc) is 3.06. The Morgan fingerprint density at radius 1 is 0.483 bits per heavy atom. The summed E-state index contributed by atoms with van der Waals surface area (Å²) in [5.41, 5.74) is 7.56. The number of aromatic nitrogens is 2. The third-order valence-electron chi connectivity index (χ3n) is 8.14. The van der Waals surface area contributed by atoms with E-state index in [0.29, 0.717) is 48.6 Å². The van der Waals surface area contributed by atoms with Gasteiger partial charge in [0, 0.05) is 83.5 Å². The summed E-state index contributed by atoms with van der Waals surface area (Å²) in [6.07, 6.45) is 6.80. The van der Waals surface area contributed by atoms with Crippen molar-refractivity contribution in [2.24, 2.45) is 0 Å². The first kappa shape index (κ1) is 60.2. The van der Waals surface area contributed by atoms with Crippen LogP contribution in [-0.2, 0) is 44.9 Å². The lowest BCUT2D eigenvalue weighted by Crippen LogP contribution is -2.02. The van der Waals surface area contributed by atoms with Gasteiger partial charge in [0.05, 0.1) is 0 Å². The van der Waals surface area contributed by atoms with Gasteiger partial charge in [-0.3, -0.25) is 24.2 Å². The van der Waals surface area contributed by atoms with E-state index in [9.17, 15) is 28.0 Å². The molecule has 0 amide bonds. The molecule has 58 heavy (non-hydrogen) atoms. The number of benzene rings is 2. The molecular weight excluding hydrogens is 726 g/mol. The third-order valence-corrected chi connectivity index (χ3v) is 8.14. The van der Waals surface area contributed by atoms with Crippen molar-refractivity contribution in [2.75, 3.05) is 0 Å². The van der Waals surface area contributed by atoms with Crippen molar-refractivity contribution < 1.29 is 28.0 Å². The van der Waals surface area contributed by atoms with Gasteiger partial charge in [0.15, 0.2) is 0 Å². The van der Waals surface area contributed by atoms with Crippen LogP contribution in [0.25, 0.3) is 0 Å². The monoisotopic (exact) mass is 786 g/mol. The molecule has 0 bridgehead atoms. The zero-order valence-electron chi connectivity index (χ0n) is 36.7. The summed E-state index contributed by atoms with van der Waals surface area (Å²) in [7, 11) is 0. The van der Waals surface area contributed by atoms with Crippen LogP contribution in [0.5, 0.6) is 0 Å². The molecule has 4 rings (SSSR count). The van der Waals surface area contributed by atoms with E-state index < -0.39 is 5.95 Å². The molecule has 2 heterocycles. The Balaban J connectivity index is -0.000000328. The van der Waals surface area contributed by atoms with Crippen molar-refractivity contribution >= 4 is 56.8 Å². The molecule has 0 atom stereocenters. The van der Waals surface area contributed by atoms with Gasteiger partial charge in [-0.2, -0.15) is 4.39 Å². The Bertz CT molecular complexity index is 1720. The van der Waals surface area contributed by atoms with Crippen LogP contribution in [0.3, 0.4) is 0 Å². The van der Waals surface area contributed by atoms with E-state index in [1.165, 1.54) is 30.3 Å². The van der Waals surface area contributed by atoms with Gasteiger partial charge in [-0.1, -0.05) is 97.9 Å². The molecule has 4 aromatic rings. The Labute approximate surface area is 355 Å². The summed E-state index contributed by atoms with van der Waals surface area (Å²) in [4.78, 5) is 51.2. The number of carbonyl (C=O) groups excluding carboxylic acids is 4. The summed E-state index contributed by atoms with van der Waals surface area (Å²) in [5, 5.41) is 0. The van der Waals surface area contributed by atoms with E-state index in [4.69, 9.17) is 0 Å². The van der Waals surface area contributed by atoms with Gasteiger partial charge in [-0.25, -0.2) is 9.37 Å². The van der Waals surface area contributed by atoms with Crippen molar-refractivity contribution in [3.05, 3.63) is 129 Å². The Hall–Kier alpha value is -4.46. The molecule has 0 saturated carbocycles. The second-order valence-corrected chi connectivity index (χ2v) is 15.1. The minimum absolute atomic E-state index is 0. The van der Waals surface area contributed by atoms with E-state index in [1.54, 1.807) is 45.2 Å². The Morgan fingerprint density at radius 2 is 0.897 bits per heavy atom. The average molecular weight is 786 g/mol. The van der Waals surface area contributed by atoms with Gasteiger partial charge >= 0.3 is 0 Å². The minimum Gasteiger partial charge on any atom is -0.300 e. The maximum absolute atomic E-state index is 13.3. The highest BCUT2D eigenvalue weighted by Gasteiger charge is 2.10. The molecule has 6 nitrogen and oxygen atoms in total. The lowest BCUT2D eigenvalue weighted by molar-refractivity contribution is -0.117. The van der Waals surface area contributed by atoms with Crippen LogP contribution in [0.1, 0.15) is 151 Å². The highest BCUT2D eigenvalue weighted by molar-refractivity contribution is 5.79. The number of rotatable bonds is 12. The molecule has 304 valence electrons. The molecule has 12 radical (unpaired) electrons. The SMILES string of the molecule is CC(=O)Cc1ccc(F)c(C(C)C)c1.CC(=O)Cc1cccc(C(C)C)c1.CC(=O)Cc1cnc(F)c(C(C)C)c1.CC(=O)Cc1cncc(C(C)C)c1.[B].[B].[B].[B]. The first-order valence-electron chi connectivity index (χ1n) is 18.6. The van der Waals surface area contributed by atoms with Crippen LogP contribution in [0.4, 0.5) is 8.78 Å². The number of carbonyl (C=O) groups is 4. The molecule has 0 aliphatic heterocycles. The number of ketones is 4. The smallest absolute Gasteiger partial charge is 0.216 e. The van der Waals surface area contributed by atoms with Gasteiger partial charge in [-0.15, -0.1) is 0 Å². The second-order valence-electron chi connectivity index (χ2n) is 15.1. The van der Waals surface area contributed by atoms with Crippen LogP contribution in [0.2, 0.25) is 0 Å². The predicted octanol–water partition coefficient (Wildman–Crippen LogP) is 9.31. The molecule has 2 aromatic carbocycles. The summed E-state index contributed by atoms with van der Waals surface area (Å²) in [5.74, 6) is 1.20. The number of halogens is 2. The van der Waals surface area contributed by atoms with Gasteiger partial charge in [0.25, 0.3) is 0 Å². The zero-order chi connectivity index (χ0) is 41.1. The Kier molecular flexibility index (Phi) is 31.8. The first-order chi connectivity index (χ1) is 25.2. The number of pyridine rings is 2.